The first-order chi connectivity index (χ1) is 10.1. The van der Waals surface area contributed by atoms with Gasteiger partial charge in [0, 0.05) is 5.56 Å². The van der Waals surface area contributed by atoms with Gasteiger partial charge in [-0.1, -0.05) is 12.1 Å². The van der Waals surface area contributed by atoms with Crippen molar-refractivity contribution < 1.29 is 9.90 Å². The Bertz CT molecular complexity index is 890. The number of hydrogen-bond acceptors (Lipinski definition) is 5. The third-order valence-corrected chi connectivity index (χ3v) is 3.04. The Morgan fingerprint density at radius 1 is 1.24 bits per heavy atom. The van der Waals surface area contributed by atoms with Gasteiger partial charge in [0.2, 0.25) is 5.95 Å². The summed E-state index contributed by atoms with van der Waals surface area (Å²) in [5, 5.41) is 22.2. The van der Waals surface area contributed by atoms with Gasteiger partial charge in [-0.2, -0.15) is 10.2 Å². The molecule has 7 heteroatoms. The number of fused-ring (bicyclic) bond motifs is 1. The number of anilines is 1. The van der Waals surface area contributed by atoms with Gasteiger partial charge in [-0.25, -0.2) is 9.31 Å². The number of carbonyl (C=O) groups is 1. The number of pyridine rings is 1. The van der Waals surface area contributed by atoms with Gasteiger partial charge >= 0.3 is 5.97 Å². The minimum atomic E-state index is -1.13. The van der Waals surface area contributed by atoms with Crippen molar-refractivity contribution in [2.45, 2.75) is 0 Å². The van der Waals surface area contributed by atoms with Gasteiger partial charge in [0.05, 0.1) is 11.6 Å². The van der Waals surface area contributed by atoms with E-state index in [9.17, 15) is 9.90 Å². The highest BCUT2D eigenvalue weighted by Crippen LogP contribution is 2.25. The molecule has 3 aromatic rings. The number of carboxylic acids is 1. The molecule has 0 bridgehead atoms. The Morgan fingerprint density at radius 3 is 2.57 bits per heavy atom. The van der Waals surface area contributed by atoms with Crippen LogP contribution in [-0.4, -0.2) is 25.7 Å². The Morgan fingerprint density at radius 2 is 1.95 bits per heavy atom. The van der Waals surface area contributed by atoms with E-state index in [1.807, 2.05) is 6.07 Å². The molecule has 0 saturated heterocycles. The molecular formula is C14H9N5O2. The van der Waals surface area contributed by atoms with E-state index >= 15 is 0 Å². The smallest absolute Gasteiger partial charge is 0.355 e. The van der Waals surface area contributed by atoms with Gasteiger partial charge in [-0.05, 0) is 29.8 Å². The molecule has 21 heavy (non-hydrogen) atoms. The van der Waals surface area contributed by atoms with Crippen LogP contribution in [0.15, 0.2) is 36.4 Å². The lowest BCUT2D eigenvalue weighted by atomic mass is 10.0. The molecule has 3 rings (SSSR count). The van der Waals surface area contributed by atoms with E-state index in [0.29, 0.717) is 22.3 Å². The lowest BCUT2D eigenvalue weighted by molar-refractivity contribution is 0.0688. The maximum absolute atomic E-state index is 11.6. The molecule has 0 spiro atoms. The van der Waals surface area contributed by atoms with E-state index in [0.717, 1.165) is 0 Å². The monoisotopic (exact) mass is 279 g/mol. The van der Waals surface area contributed by atoms with Crippen LogP contribution in [-0.2, 0) is 0 Å². The standard InChI is InChI=1S/C14H9N5O2/c15-7-8-1-3-9(4-2-8)10-5-6-11-17-14(16)18-19(11)12(10)13(20)21/h1-6H,(H2,16,18)(H,20,21). The van der Waals surface area contributed by atoms with Crippen LogP contribution in [0, 0.1) is 11.3 Å². The van der Waals surface area contributed by atoms with Crippen molar-refractivity contribution in [3.63, 3.8) is 0 Å². The maximum Gasteiger partial charge on any atom is 0.355 e. The lowest BCUT2D eigenvalue weighted by Gasteiger charge is -2.07. The van der Waals surface area contributed by atoms with Crippen LogP contribution in [0.4, 0.5) is 5.95 Å². The first-order valence-corrected chi connectivity index (χ1v) is 5.99. The van der Waals surface area contributed by atoms with Crippen molar-refractivity contribution in [3.05, 3.63) is 47.7 Å². The summed E-state index contributed by atoms with van der Waals surface area (Å²) in [6, 6.07) is 11.9. The molecule has 0 amide bonds. The van der Waals surface area contributed by atoms with Gasteiger partial charge in [-0.3, -0.25) is 0 Å². The van der Waals surface area contributed by atoms with Crippen LogP contribution in [0.25, 0.3) is 16.8 Å². The third-order valence-electron chi connectivity index (χ3n) is 3.04. The summed E-state index contributed by atoms with van der Waals surface area (Å²) in [7, 11) is 0. The fourth-order valence-corrected chi connectivity index (χ4v) is 2.13. The van der Waals surface area contributed by atoms with Gasteiger partial charge in [0.1, 0.15) is 0 Å². The number of aromatic nitrogens is 3. The summed E-state index contributed by atoms with van der Waals surface area (Å²) in [6.45, 7) is 0. The average molecular weight is 279 g/mol. The fourth-order valence-electron chi connectivity index (χ4n) is 2.13. The Labute approximate surface area is 118 Å². The quantitative estimate of drug-likeness (QED) is 0.734. The summed E-state index contributed by atoms with van der Waals surface area (Å²) in [4.78, 5) is 15.5. The van der Waals surface area contributed by atoms with E-state index in [4.69, 9.17) is 11.0 Å². The molecule has 0 unspecified atom stereocenters. The molecule has 0 aliphatic rings. The SMILES string of the molecule is N#Cc1ccc(-c2ccc3nc(N)nn3c2C(=O)O)cc1. The van der Waals surface area contributed by atoms with Crippen LogP contribution < -0.4 is 5.73 Å². The van der Waals surface area contributed by atoms with Crippen molar-refractivity contribution in [3.8, 4) is 17.2 Å². The molecule has 2 heterocycles. The number of rotatable bonds is 2. The van der Waals surface area contributed by atoms with Crippen molar-refractivity contribution in [1.82, 2.24) is 14.6 Å². The van der Waals surface area contributed by atoms with Gasteiger partial charge in [0.15, 0.2) is 11.3 Å². The van der Waals surface area contributed by atoms with Crippen LogP contribution in [0.3, 0.4) is 0 Å². The summed E-state index contributed by atoms with van der Waals surface area (Å²) in [6.07, 6.45) is 0. The molecule has 0 radical (unpaired) electrons. The topological polar surface area (TPSA) is 117 Å². The zero-order valence-corrected chi connectivity index (χ0v) is 10.7. The first kappa shape index (κ1) is 12.6. The van der Waals surface area contributed by atoms with Crippen molar-refractivity contribution in [2.75, 3.05) is 5.73 Å². The fraction of sp³-hybridized carbons (Fsp3) is 0. The molecule has 0 aliphatic carbocycles. The summed E-state index contributed by atoms with van der Waals surface area (Å²) in [5.41, 5.74) is 7.50. The summed E-state index contributed by atoms with van der Waals surface area (Å²) >= 11 is 0. The van der Waals surface area contributed by atoms with E-state index < -0.39 is 5.97 Å². The molecular weight excluding hydrogens is 270 g/mol. The molecule has 0 fully saturated rings. The van der Waals surface area contributed by atoms with Gasteiger partial charge in [0.25, 0.3) is 0 Å². The number of hydrogen-bond donors (Lipinski definition) is 2. The number of carboxylic acid groups (broad SMARTS) is 1. The number of benzene rings is 1. The number of nitrogen functional groups attached to an aromatic ring is 1. The molecule has 0 atom stereocenters. The second kappa shape index (κ2) is 4.61. The Hall–Kier alpha value is -3.40. The van der Waals surface area contributed by atoms with E-state index in [1.165, 1.54) is 4.52 Å². The first-order valence-electron chi connectivity index (χ1n) is 5.99. The minimum absolute atomic E-state index is 0.00878. The van der Waals surface area contributed by atoms with Gasteiger partial charge < -0.3 is 10.8 Å². The van der Waals surface area contributed by atoms with Crippen LogP contribution in [0.1, 0.15) is 16.1 Å². The molecule has 1 aromatic carbocycles. The Kier molecular flexibility index (Phi) is 2.77. The van der Waals surface area contributed by atoms with Crippen LogP contribution >= 0.6 is 0 Å². The molecule has 3 N–H and O–H groups in total. The van der Waals surface area contributed by atoms with Gasteiger partial charge in [-0.15, -0.1) is 5.10 Å². The highest BCUT2D eigenvalue weighted by Gasteiger charge is 2.18. The maximum atomic E-state index is 11.6. The van der Waals surface area contributed by atoms with E-state index in [2.05, 4.69) is 10.1 Å². The molecule has 2 aromatic heterocycles. The van der Waals surface area contributed by atoms with Crippen LogP contribution in [0.2, 0.25) is 0 Å². The molecule has 102 valence electrons. The number of nitrogens with zero attached hydrogens (tertiary/aromatic N) is 4. The van der Waals surface area contributed by atoms with E-state index in [-0.39, 0.29) is 11.6 Å². The molecule has 0 aliphatic heterocycles. The highest BCUT2D eigenvalue weighted by atomic mass is 16.4. The minimum Gasteiger partial charge on any atom is -0.476 e. The van der Waals surface area contributed by atoms with Crippen LogP contribution in [0.5, 0.6) is 0 Å². The number of nitriles is 1. The predicted octanol–water partition coefficient (Wildman–Crippen LogP) is 1.55. The normalized spacial score (nSPS) is 10.4. The zero-order valence-electron chi connectivity index (χ0n) is 10.7. The molecule has 7 nitrogen and oxygen atoms in total. The lowest BCUT2D eigenvalue weighted by Crippen LogP contribution is -2.09. The second-order valence-electron chi connectivity index (χ2n) is 4.33. The largest absolute Gasteiger partial charge is 0.476 e. The number of aromatic carboxylic acids is 1. The summed E-state index contributed by atoms with van der Waals surface area (Å²) in [5.74, 6) is -1.13. The van der Waals surface area contributed by atoms with Crippen molar-refractivity contribution in [1.29, 1.82) is 5.26 Å². The Balaban J connectivity index is 2.28. The average Bonchev–Trinajstić information content (AvgIpc) is 2.86. The van der Waals surface area contributed by atoms with Crippen molar-refractivity contribution in [2.24, 2.45) is 0 Å². The zero-order chi connectivity index (χ0) is 15.0. The molecule has 0 saturated carbocycles. The van der Waals surface area contributed by atoms with Crippen molar-refractivity contribution >= 4 is 17.6 Å². The van der Waals surface area contributed by atoms with E-state index in [1.54, 1.807) is 36.4 Å². The highest BCUT2D eigenvalue weighted by molar-refractivity contribution is 5.95. The summed E-state index contributed by atoms with van der Waals surface area (Å²) < 4.78 is 1.20. The second-order valence-corrected chi connectivity index (χ2v) is 4.33. The number of nitrogens with two attached hydrogens (primary N) is 1. The predicted molar refractivity (Wildman–Crippen MR) is 74.5 cm³/mol. The third kappa shape index (κ3) is 2.04.